The second kappa shape index (κ2) is 11.7. The lowest BCUT2D eigenvalue weighted by Crippen LogP contribution is -2.49. The van der Waals surface area contributed by atoms with E-state index in [4.69, 9.17) is 0 Å². The third-order valence-electron chi connectivity index (χ3n) is 5.84. The van der Waals surface area contributed by atoms with Crippen LogP contribution in [0.1, 0.15) is 64.2 Å². The molecule has 2 fully saturated rings. The van der Waals surface area contributed by atoms with Gasteiger partial charge in [-0.1, -0.05) is 25.7 Å². The maximum atomic E-state index is 12.2. The molecule has 164 valence electrons. The van der Waals surface area contributed by atoms with Crippen molar-refractivity contribution in [1.82, 2.24) is 10.2 Å². The summed E-state index contributed by atoms with van der Waals surface area (Å²) in [7, 11) is 0. The summed E-state index contributed by atoms with van der Waals surface area (Å²) in [6, 6.07) is 6.74. The van der Waals surface area contributed by atoms with Gasteiger partial charge < -0.3 is 10.2 Å². The van der Waals surface area contributed by atoms with Crippen LogP contribution in [-0.2, 0) is 9.59 Å². The van der Waals surface area contributed by atoms with Gasteiger partial charge in [-0.25, -0.2) is 4.79 Å². The lowest BCUT2D eigenvalue weighted by molar-refractivity contribution is -0.120. The molecule has 30 heavy (non-hydrogen) atoms. The molecule has 0 radical (unpaired) electrons. The molecule has 1 aromatic rings. The van der Waals surface area contributed by atoms with E-state index in [0.717, 1.165) is 18.5 Å². The van der Waals surface area contributed by atoms with E-state index >= 15 is 0 Å². The highest BCUT2D eigenvalue weighted by Gasteiger charge is 2.23. The zero-order chi connectivity index (χ0) is 21.2. The number of carbonyl (C=O) groups is 3. The molecule has 7 heteroatoms. The van der Waals surface area contributed by atoms with Crippen LogP contribution in [0.2, 0.25) is 0 Å². The number of nitrogens with zero attached hydrogens (tertiary/aromatic N) is 2. The number of anilines is 2. The van der Waals surface area contributed by atoms with Crippen molar-refractivity contribution >= 4 is 29.2 Å². The van der Waals surface area contributed by atoms with Gasteiger partial charge in [0.1, 0.15) is 0 Å². The summed E-state index contributed by atoms with van der Waals surface area (Å²) in [4.78, 5) is 39.4. The van der Waals surface area contributed by atoms with Crippen LogP contribution in [0.3, 0.4) is 0 Å². The summed E-state index contributed by atoms with van der Waals surface area (Å²) in [6.07, 6.45) is 10.6. The molecule has 0 aromatic heterocycles. The first kappa shape index (κ1) is 22.3. The molecule has 0 spiro atoms. The highest BCUT2D eigenvalue weighted by molar-refractivity contribution is 6.05. The molecule has 2 saturated heterocycles. The van der Waals surface area contributed by atoms with Crippen LogP contribution >= 0.6 is 0 Å². The number of hydrogen-bond donors (Lipinski definition) is 2. The van der Waals surface area contributed by atoms with Crippen molar-refractivity contribution in [3.63, 3.8) is 0 Å². The molecule has 0 aliphatic carbocycles. The minimum Gasteiger partial charge on any atom is -0.326 e. The minimum absolute atomic E-state index is 0.0254. The molecule has 1 aromatic carbocycles. The molecule has 0 atom stereocenters. The number of likely N-dealkylation sites (tertiary alicyclic amines) is 1. The van der Waals surface area contributed by atoms with Crippen LogP contribution in [0.25, 0.3) is 0 Å². The molecular formula is C23H34N4O3. The van der Waals surface area contributed by atoms with E-state index in [2.05, 4.69) is 15.5 Å². The van der Waals surface area contributed by atoms with Crippen LogP contribution in [0.15, 0.2) is 24.3 Å². The van der Waals surface area contributed by atoms with Gasteiger partial charge in [-0.3, -0.25) is 19.8 Å². The average Bonchev–Trinajstić information content (AvgIpc) is 2.74. The zero-order valence-corrected chi connectivity index (χ0v) is 17.8. The number of piperidine rings is 1. The molecule has 4 amide bonds. The molecule has 3 rings (SSSR count). The number of benzene rings is 1. The maximum absolute atomic E-state index is 12.2. The van der Waals surface area contributed by atoms with Crippen LogP contribution < -0.4 is 15.5 Å². The van der Waals surface area contributed by atoms with E-state index in [9.17, 15) is 14.4 Å². The third-order valence-corrected chi connectivity index (χ3v) is 5.84. The Hall–Kier alpha value is -2.41. The van der Waals surface area contributed by atoms with E-state index in [0.29, 0.717) is 25.1 Å². The van der Waals surface area contributed by atoms with Gasteiger partial charge in [-0.15, -0.1) is 0 Å². The van der Waals surface area contributed by atoms with Gasteiger partial charge >= 0.3 is 6.03 Å². The summed E-state index contributed by atoms with van der Waals surface area (Å²) < 4.78 is 0. The smallest absolute Gasteiger partial charge is 0.326 e. The van der Waals surface area contributed by atoms with E-state index in [1.54, 1.807) is 24.3 Å². The summed E-state index contributed by atoms with van der Waals surface area (Å²) in [5.74, 6) is -0.223. The number of nitrogens with one attached hydrogen (secondary N) is 2. The maximum Gasteiger partial charge on any atom is 0.328 e. The second-order valence-electron chi connectivity index (χ2n) is 8.27. The Bertz CT molecular complexity index is 714. The van der Waals surface area contributed by atoms with Crippen molar-refractivity contribution in [2.75, 3.05) is 36.4 Å². The predicted molar refractivity (Wildman–Crippen MR) is 119 cm³/mol. The molecule has 0 unspecified atom stereocenters. The third kappa shape index (κ3) is 7.13. The number of urea groups is 1. The summed E-state index contributed by atoms with van der Waals surface area (Å²) in [5, 5.41) is 5.23. The van der Waals surface area contributed by atoms with Gasteiger partial charge in [0.05, 0.1) is 0 Å². The number of hydrogen-bond acceptors (Lipinski definition) is 4. The molecule has 0 saturated carbocycles. The molecule has 7 nitrogen and oxygen atoms in total. The van der Waals surface area contributed by atoms with E-state index in [1.807, 2.05) is 0 Å². The molecule has 0 bridgehead atoms. The number of unbranched alkanes of at least 4 members (excludes halogenated alkanes) is 4. The zero-order valence-electron chi connectivity index (χ0n) is 17.8. The first-order valence-electron chi connectivity index (χ1n) is 11.4. The Kier molecular flexibility index (Phi) is 8.68. The van der Waals surface area contributed by atoms with Gasteiger partial charge in [0.25, 0.3) is 0 Å². The Labute approximate surface area is 179 Å². The van der Waals surface area contributed by atoms with Crippen LogP contribution in [0, 0.1) is 0 Å². The predicted octanol–water partition coefficient (Wildman–Crippen LogP) is 3.90. The first-order valence-corrected chi connectivity index (χ1v) is 11.4. The topological polar surface area (TPSA) is 81.8 Å². The van der Waals surface area contributed by atoms with Crippen molar-refractivity contribution in [3.05, 3.63) is 24.3 Å². The largest absolute Gasteiger partial charge is 0.328 e. The summed E-state index contributed by atoms with van der Waals surface area (Å²) >= 11 is 0. The summed E-state index contributed by atoms with van der Waals surface area (Å²) in [5.41, 5.74) is 1.43. The van der Waals surface area contributed by atoms with Crippen molar-refractivity contribution in [3.8, 4) is 0 Å². The lowest BCUT2D eigenvalue weighted by Gasteiger charge is -2.26. The Morgan fingerprint density at radius 1 is 0.900 bits per heavy atom. The highest BCUT2D eigenvalue weighted by atomic mass is 16.2. The van der Waals surface area contributed by atoms with E-state index in [1.165, 1.54) is 63.1 Å². The number of carbonyl (C=O) groups excluding carboxylic acids is 3. The van der Waals surface area contributed by atoms with Crippen LogP contribution in [0.4, 0.5) is 16.2 Å². The van der Waals surface area contributed by atoms with Crippen molar-refractivity contribution in [2.45, 2.75) is 64.2 Å². The second-order valence-corrected chi connectivity index (χ2v) is 8.27. The quantitative estimate of drug-likeness (QED) is 0.569. The minimum atomic E-state index is -0.404. The van der Waals surface area contributed by atoms with Gasteiger partial charge in [-0.2, -0.15) is 0 Å². The van der Waals surface area contributed by atoms with Crippen molar-refractivity contribution in [1.29, 1.82) is 0 Å². The molecule has 2 aliphatic heterocycles. The number of rotatable bonds is 10. The normalized spacial score (nSPS) is 17.7. The van der Waals surface area contributed by atoms with Crippen molar-refractivity contribution in [2.24, 2.45) is 0 Å². The number of amides is 4. The Morgan fingerprint density at radius 2 is 1.60 bits per heavy atom. The van der Waals surface area contributed by atoms with Crippen LogP contribution in [0.5, 0.6) is 0 Å². The monoisotopic (exact) mass is 414 g/mol. The lowest BCUT2D eigenvalue weighted by atomic mass is 10.1. The van der Waals surface area contributed by atoms with Gasteiger partial charge in [-0.05, 0) is 69.6 Å². The molecule has 2 heterocycles. The summed E-state index contributed by atoms with van der Waals surface area (Å²) in [6.45, 7) is 4.14. The van der Waals surface area contributed by atoms with Gasteiger partial charge in [0.2, 0.25) is 11.8 Å². The number of imide groups is 1. The fourth-order valence-electron chi connectivity index (χ4n) is 4.09. The fourth-order valence-corrected chi connectivity index (χ4v) is 4.09. The van der Waals surface area contributed by atoms with Crippen molar-refractivity contribution < 1.29 is 14.4 Å². The molecule has 2 N–H and O–H groups in total. The fraction of sp³-hybridized carbons (Fsp3) is 0.609. The Balaban J connectivity index is 1.27. The van der Waals surface area contributed by atoms with E-state index < -0.39 is 6.03 Å². The standard InChI is InChI=1S/C23H34N4O3/c28-21(9-5-2-1-3-6-15-26-16-7-4-8-17-26)24-19-10-12-20(13-11-19)27-18-14-22(29)25-23(27)30/h10-13H,1-9,14-18H2,(H,24,28)(H,25,29,30). The average molecular weight is 415 g/mol. The molecular weight excluding hydrogens is 380 g/mol. The van der Waals surface area contributed by atoms with Crippen LogP contribution in [-0.4, -0.2) is 48.9 Å². The molecule has 2 aliphatic rings. The van der Waals surface area contributed by atoms with E-state index in [-0.39, 0.29) is 11.8 Å². The first-order chi connectivity index (χ1) is 14.6. The van der Waals surface area contributed by atoms with Gasteiger partial charge in [0, 0.05) is 30.8 Å². The highest BCUT2D eigenvalue weighted by Crippen LogP contribution is 2.20. The van der Waals surface area contributed by atoms with Gasteiger partial charge in [0.15, 0.2) is 0 Å². The Morgan fingerprint density at radius 3 is 2.33 bits per heavy atom. The SMILES string of the molecule is O=C1CCN(c2ccc(NC(=O)CCCCCCCN3CCCCC3)cc2)C(=O)N1.